The number of rotatable bonds is 23. The first kappa shape index (κ1) is 56.3. The zero-order chi connectivity index (χ0) is 52.7. The molecule has 4 aromatic rings. The number of morpholine rings is 1. The molecule has 392 valence electrons. The van der Waals surface area contributed by atoms with Gasteiger partial charge in [0.25, 0.3) is 11.8 Å². The topological polar surface area (TPSA) is 217 Å². The van der Waals surface area contributed by atoms with Gasteiger partial charge in [0.15, 0.2) is 0 Å². The highest BCUT2D eigenvalue weighted by atomic mass is 19.1. The van der Waals surface area contributed by atoms with Crippen molar-refractivity contribution in [1.29, 1.82) is 0 Å². The van der Waals surface area contributed by atoms with Crippen LogP contribution in [0.3, 0.4) is 0 Å². The molecule has 5 rings (SSSR count). The summed E-state index contributed by atoms with van der Waals surface area (Å²) in [7, 11) is 1.33. The maximum atomic E-state index is 15.1. The van der Waals surface area contributed by atoms with Crippen molar-refractivity contribution >= 4 is 41.9 Å². The molecule has 19 nitrogen and oxygen atoms in total. The molecule has 0 aromatic heterocycles. The number of benzene rings is 4. The van der Waals surface area contributed by atoms with E-state index in [0.717, 1.165) is 15.5 Å². The molecule has 1 aliphatic rings. The quantitative estimate of drug-likeness (QED) is 0.0692. The van der Waals surface area contributed by atoms with Crippen LogP contribution in [-0.4, -0.2) is 133 Å². The highest BCUT2D eigenvalue weighted by Gasteiger charge is 2.38. The van der Waals surface area contributed by atoms with Crippen molar-refractivity contribution in [2.75, 3.05) is 53.0 Å². The third kappa shape index (κ3) is 19.2. The number of aryl methyl sites for hydroxylation is 1. The molecule has 3 atom stereocenters. The lowest BCUT2D eigenvalue weighted by Gasteiger charge is -2.37. The largest absolute Gasteiger partial charge is 0.445 e. The van der Waals surface area contributed by atoms with Crippen LogP contribution in [0, 0.1) is 17.7 Å². The van der Waals surface area contributed by atoms with Crippen LogP contribution >= 0.6 is 0 Å². The number of urea groups is 1. The second-order valence-corrected chi connectivity index (χ2v) is 18.2. The molecular formula is C53H67FN8O11. The summed E-state index contributed by atoms with van der Waals surface area (Å²) in [6.07, 6.45) is -1.35. The van der Waals surface area contributed by atoms with E-state index in [1.807, 2.05) is 42.5 Å². The number of ether oxygens (including phenoxy) is 3. The van der Waals surface area contributed by atoms with E-state index in [2.05, 4.69) is 21.4 Å². The zero-order valence-corrected chi connectivity index (χ0v) is 42.0. The summed E-state index contributed by atoms with van der Waals surface area (Å²) in [6.45, 7) is 6.70. The second-order valence-electron chi connectivity index (χ2n) is 18.2. The number of halogens is 1. The Morgan fingerprint density at radius 1 is 0.699 bits per heavy atom. The minimum atomic E-state index is -1.34. The first-order valence-electron chi connectivity index (χ1n) is 24.2. The third-order valence-corrected chi connectivity index (χ3v) is 11.6. The van der Waals surface area contributed by atoms with Crippen molar-refractivity contribution in [1.82, 2.24) is 41.2 Å². The standard InChI is InChI=1S/C53H67FN8O11/c1-37(2)47(56-45(63)31-55-51(67)60-27-29-70-30-28-60)49(65)58-61(32-40-21-24-43(54)25-22-40)33-44(26-23-39-15-9-6-10-16-39)62(73-46(64)34-59(5)53(69)72-36-42-19-13-8-14-20-42)50(66)48(38(3)4)57-52(68)71-35-41-17-11-7-12-18-41/h6-22,24-25,37-38,44,47-48H,23,26-36H2,1-5H3,(H,55,67)(H,56,63)(H,57,68)(H,58,65)/t44-,47-,48-/m0/s1. The monoisotopic (exact) mass is 1010 g/mol. The molecule has 7 amide bonds. The minimum Gasteiger partial charge on any atom is -0.445 e. The van der Waals surface area contributed by atoms with E-state index in [1.165, 1.54) is 41.2 Å². The third-order valence-electron chi connectivity index (χ3n) is 11.6. The fourth-order valence-electron chi connectivity index (χ4n) is 7.56. The van der Waals surface area contributed by atoms with Crippen LogP contribution in [0.5, 0.6) is 0 Å². The maximum absolute atomic E-state index is 15.1. The predicted molar refractivity (Wildman–Crippen MR) is 267 cm³/mol. The molecule has 0 radical (unpaired) electrons. The van der Waals surface area contributed by atoms with E-state index in [0.29, 0.717) is 49.4 Å². The molecule has 0 aliphatic carbocycles. The van der Waals surface area contributed by atoms with Gasteiger partial charge >= 0.3 is 24.2 Å². The number of amides is 7. The van der Waals surface area contributed by atoms with E-state index in [-0.39, 0.29) is 32.7 Å². The Morgan fingerprint density at radius 3 is 1.84 bits per heavy atom. The van der Waals surface area contributed by atoms with E-state index in [9.17, 15) is 33.2 Å². The number of hydrazine groups is 1. The average molecular weight is 1010 g/mol. The van der Waals surface area contributed by atoms with Gasteiger partial charge in [0, 0.05) is 33.2 Å². The van der Waals surface area contributed by atoms with Crippen molar-refractivity contribution in [3.8, 4) is 0 Å². The minimum absolute atomic E-state index is 0.0736. The van der Waals surface area contributed by atoms with Crippen LogP contribution in [0.4, 0.5) is 18.8 Å². The smallest absolute Gasteiger partial charge is 0.410 e. The summed E-state index contributed by atoms with van der Waals surface area (Å²) < 4.78 is 30.5. The number of alkyl carbamates (subject to hydrolysis) is 1. The number of carbonyl (C=O) groups excluding carboxylic acids is 7. The molecule has 0 spiro atoms. The highest BCUT2D eigenvalue weighted by Crippen LogP contribution is 2.19. The molecule has 1 aliphatic heterocycles. The van der Waals surface area contributed by atoms with Gasteiger partial charge in [-0.15, -0.1) is 0 Å². The van der Waals surface area contributed by atoms with E-state index < -0.39 is 90.8 Å². The van der Waals surface area contributed by atoms with Gasteiger partial charge in [-0.1, -0.05) is 131 Å². The van der Waals surface area contributed by atoms with Gasteiger partial charge in [-0.25, -0.2) is 28.6 Å². The Bertz CT molecular complexity index is 2400. The Kier molecular flexibility index (Phi) is 22.4. The molecule has 4 aromatic carbocycles. The number of hydroxylamine groups is 2. The van der Waals surface area contributed by atoms with Crippen molar-refractivity contribution < 1.29 is 57.0 Å². The summed E-state index contributed by atoms with van der Waals surface area (Å²) in [5.41, 5.74) is 5.69. The Labute approximate surface area is 425 Å². The summed E-state index contributed by atoms with van der Waals surface area (Å²) in [5, 5.41) is 10.3. The lowest BCUT2D eigenvalue weighted by atomic mass is 10.0. The van der Waals surface area contributed by atoms with Crippen LogP contribution in [0.15, 0.2) is 115 Å². The second kappa shape index (κ2) is 29.1. The molecule has 0 unspecified atom stereocenters. The number of likely N-dealkylation sites (N-methyl/N-ethyl adjacent to an activating group) is 1. The molecule has 1 saturated heterocycles. The van der Waals surface area contributed by atoms with Gasteiger partial charge in [0.1, 0.15) is 37.7 Å². The van der Waals surface area contributed by atoms with Gasteiger partial charge in [-0.3, -0.25) is 19.8 Å². The van der Waals surface area contributed by atoms with Gasteiger partial charge in [-0.2, -0.15) is 5.06 Å². The first-order valence-corrected chi connectivity index (χ1v) is 24.2. The number of nitrogens with zero attached hydrogens (tertiary/aromatic N) is 4. The predicted octanol–water partition coefficient (Wildman–Crippen LogP) is 5.35. The summed E-state index contributed by atoms with van der Waals surface area (Å²) >= 11 is 0. The molecule has 1 fully saturated rings. The Morgan fingerprint density at radius 2 is 1.26 bits per heavy atom. The average Bonchev–Trinajstić information content (AvgIpc) is 3.39. The number of nitrogens with one attached hydrogen (secondary N) is 4. The van der Waals surface area contributed by atoms with Gasteiger partial charge in [-0.05, 0) is 59.1 Å². The SMILES string of the molecule is CC(C)[C@H](NC(=O)CNC(=O)N1CCOCC1)C(=O)NN(Cc1ccc(F)cc1)C[C@H](CCc1ccccc1)N(OC(=O)CN(C)C(=O)OCc1ccccc1)C(=O)[C@@H](NC(=O)OCc1ccccc1)C(C)C. The summed E-state index contributed by atoms with van der Waals surface area (Å²) in [4.78, 5) is 105. The number of hydrogen-bond acceptors (Lipinski definition) is 12. The summed E-state index contributed by atoms with van der Waals surface area (Å²) in [6, 6.07) is 28.6. The number of carbonyl (C=O) groups is 7. The van der Waals surface area contributed by atoms with Gasteiger partial charge in [0.2, 0.25) is 5.91 Å². The van der Waals surface area contributed by atoms with E-state index in [4.69, 9.17) is 19.0 Å². The molecule has 0 bridgehead atoms. The van der Waals surface area contributed by atoms with E-state index in [1.54, 1.807) is 76.2 Å². The highest BCUT2D eigenvalue weighted by molar-refractivity contribution is 5.90. The lowest BCUT2D eigenvalue weighted by molar-refractivity contribution is -0.212. The van der Waals surface area contributed by atoms with Gasteiger partial charge < -0.3 is 44.8 Å². The van der Waals surface area contributed by atoms with Crippen LogP contribution in [-0.2, 0) is 64.4 Å². The molecule has 73 heavy (non-hydrogen) atoms. The van der Waals surface area contributed by atoms with Crippen LogP contribution < -0.4 is 21.4 Å². The lowest BCUT2D eigenvalue weighted by Crippen LogP contribution is -2.60. The number of hydrogen-bond donors (Lipinski definition) is 4. The van der Waals surface area contributed by atoms with Crippen molar-refractivity contribution in [2.45, 2.75) is 78.4 Å². The summed E-state index contributed by atoms with van der Waals surface area (Å²) in [5.74, 6) is -4.78. The van der Waals surface area contributed by atoms with E-state index >= 15 is 4.79 Å². The fourth-order valence-corrected chi connectivity index (χ4v) is 7.56. The van der Waals surface area contributed by atoms with Gasteiger partial charge in [0.05, 0.1) is 25.8 Å². The fraction of sp³-hybridized carbons (Fsp3) is 0.415. The Hall–Kier alpha value is -7.58. The maximum Gasteiger partial charge on any atom is 0.410 e. The van der Waals surface area contributed by atoms with Crippen LogP contribution in [0.25, 0.3) is 0 Å². The first-order chi connectivity index (χ1) is 35.1. The normalized spacial score (nSPS) is 13.5. The van der Waals surface area contributed by atoms with Crippen molar-refractivity contribution in [2.24, 2.45) is 11.8 Å². The van der Waals surface area contributed by atoms with Crippen LogP contribution in [0.2, 0.25) is 0 Å². The molecule has 0 saturated carbocycles. The zero-order valence-electron chi connectivity index (χ0n) is 42.0. The Balaban J connectivity index is 1.46. The van der Waals surface area contributed by atoms with Crippen LogP contribution in [0.1, 0.15) is 56.4 Å². The van der Waals surface area contributed by atoms with Crippen molar-refractivity contribution in [3.05, 3.63) is 143 Å². The van der Waals surface area contributed by atoms with Crippen molar-refractivity contribution in [3.63, 3.8) is 0 Å². The molecule has 20 heteroatoms. The molecule has 1 heterocycles. The molecular weight excluding hydrogens is 944 g/mol. The molecule has 4 N–H and O–H groups in total.